The molecule has 7 heteroatoms. The molecule has 16 heavy (non-hydrogen) atoms. The predicted octanol–water partition coefficient (Wildman–Crippen LogP) is 2.07. The van der Waals surface area contributed by atoms with Crippen LogP contribution in [0.4, 0.5) is 14.6 Å². The quantitative estimate of drug-likeness (QED) is 0.877. The van der Waals surface area contributed by atoms with Gasteiger partial charge in [-0.25, -0.2) is 8.78 Å². The summed E-state index contributed by atoms with van der Waals surface area (Å²) in [4.78, 5) is 0. The summed E-state index contributed by atoms with van der Waals surface area (Å²) in [7, 11) is 1.26. The molecule has 1 aromatic carbocycles. The van der Waals surface area contributed by atoms with E-state index in [1.54, 1.807) is 0 Å². The molecule has 0 aliphatic carbocycles. The molecule has 2 aromatic rings. The van der Waals surface area contributed by atoms with Crippen LogP contribution < -0.4 is 10.5 Å². The summed E-state index contributed by atoms with van der Waals surface area (Å²) in [6.45, 7) is 0. The van der Waals surface area contributed by atoms with Crippen LogP contribution in [-0.4, -0.2) is 15.9 Å². The number of nitrogen functional groups attached to an aromatic ring is 1. The number of hydrogen-bond acceptors (Lipinski definition) is 5. The molecule has 0 aliphatic rings. The molecule has 0 saturated heterocycles. The molecule has 1 aromatic heterocycles. The lowest BCUT2D eigenvalue weighted by molar-refractivity contribution is 0.383. The Morgan fingerprint density at radius 3 is 2.56 bits per heavy atom. The van der Waals surface area contributed by atoms with Crippen molar-refractivity contribution in [2.45, 2.75) is 0 Å². The van der Waals surface area contributed by atoms with E-state index < -0.39 is 11.6 Å². The van der Waals surface area contributed by atoms with Crippen LogP contribution in [0.3, 0.4) is 0 Å². The first-order valence-electron chi connectivity index (χ1n) is 4.25. The lowest BCUT2D eigenvalue weighted by atomic mass is 10.1. The Kier molecular flexibility index (Phi) is 2.69. The number of nitrogens with two attached hydrogens (primary N) is 1. The standard InChI is InChI=1S/C9H7F2N3OS/c1-15-7-3-5(10)4(2-6(7)11)8-9(12)14-16-13-8/h2-3H,1H3,(H2,12,14). The minimum absolute atomic E-state index is 0.0236. The van der Waals surface area contributed by atoms with Crippen LogP contribution in [-0.2, 0) is 0 Å². The van der Waals surface area contributed by atoms with Gasteiger partial charge < -0.3 is 10.5 Å². The van der Waals surface area contributed by atoms with Crippen molar-refractivity contribution in [3.63, 3.8) is 0 Å². The van der Waals surface area contributed by atoms with E-state index in [0.717, 1.165) is 23.9 Å². The molecule has 0 atom stereocenters. The Bertz CT molecular complexity index is 529. The first-order chi connectivity index (χ1) is 7.63. The lowest BCUT2D eigenvalue weighted by Gasteiger charge is -2.05. The van der Waals surface area contributed by atoms with Crippen molar-refractivity contribution in [2.24, 2.45) is 0 Å². The molecule has 0 bridgehead atoms. The normalized spacial score (nSPS) is 10.4. The number of rotatable bonds is 2. The van der Waals surface area contributed by atoms with Gasteiger partial charge in [0.25, 0.3) is 0 Å². The van der Waals surface area contributed by atoms with Gasteiger partial charge in [-0.05, 0) is 6.07 Å². The highest BCUT2D eigenvalue weighted by atomic mass is 32.1. The van der Waals surface area contributed by atoms with Gasteiger partial charge in [-0.3, -0.25) is 0 Å². The molecule has 2 rings (SSSR count). The molecule has 2 N–H and O–H groups in total. The van der Waals surface area contributed by atoms with Crippen LogP contribution in [0.25, 0.3) is 11.3 Å². The van der Waals surface area contributed by atoms with Gasteiger partial charge in [0.1, 0.15) is 11.5 Å². The highest BCUT2D eigenvalue weighted by Gasteiger charge is 2.16. The summed E-state index contributed by atoms with van der Waals surface area (Å²) in [6, 6.07) is 1.94. The van der Waals surface area contributed by atoms with Crippen molar-refractivity contribution in [1.29, 1.82) is 0 Å². The molecule has 0 spiro atoms. The molecule has 0 amide bonds. The van der Waals surface area contributed by atoms with E-state index >= 15 is 0 Å². The summed E-state index contributed by atoms with van der Waals surface area (Å²) >= 11 is 0.840. The van der Waals surface area contributed by atoms with Crippen molar-refractivity contribution < 1.29 is 13.5 Å². The molecule has 0 unspecified atom stereocenters. The van der Waals surface area contributed by atoms with Gasteiger partial charge >= 0.3 is 0 Å². The largest absolute Gasteiger partial charge is 0.494 e. The predicted molar refractivity (Wildman–Crippen MR) is 56.2 cm³/mol. The second-order valence-corrected chi connectivity index (χ2v) is 3.49. The van der Waals surface area contributed by atoms with E-state index in [9.17, 15) is 8.78 Å². The van der Waals surface area contributed by atoms with E-state index in [1.165, 1.54) is 7.11 Å². The summed E-state index contributed by atoms with van der Waals surface area (Å²) in [5, 5.41) is 0. The molecule has 0 radical (unpaired) electrons. The first-order valence-corrected chi connectivity index (χ1v) is 4.98. The maximum absolute atomic E-state index is 13.6. The third-order valence-corrected chi connectivity index (χ3v) is 2.55. The van der Waals surface area contributed by atoms with E-state index in [0.29, 0.717) is 0 Å². The smallest absolute Gasteiger partial charge is 0.165 e. The monoisotopic (exact) mass is 243 g/mol. The molecule has 0 aliphatic heterocycles. The average molecular weight is 243 g/mol. The number of aromatic nitrogens is 2. The molecule has 4 nitrogen and oxygen atoms in total. The third kappa shape index (κ3) is 1.69. The van der Waals surface area contributed by atoms with Gasteiger partial charge in [0.15, 0.2) is 17.4 Å². The van der Waals surface area contributed by atoms with Gasteiger partial charge in [0, 0.05) is 11.6 Å². The van der Waals surface area contributed by atoms with E-state index in [2.05, 4.69) is 13.5 Å². The van der Waals surface area contributed by atoms with Gasteiger partial charge in [-0.15, -0.1) is 0 Å². The number of benzene rings is 1. The van der Waals surface area contributed by atoms with E-state index in [4.69, 9.17) is 5.73 Å². The summed E-state index contributed by atoms with van der Waals surface area (Å²) < 4.78 is 39.1. The lowest BCUT2D eigenvalue weighted by Crippen LogP contribution is -1.95. The fourth-order valence-electron chi connectivity index (χ4n) is 1.25. The van der Waals surface area contributed by atoms with Crippen LogP contribution in [0.15, 0.2) is 12.1 Å². The summed E-state index contributed by atoms with van der Waals surface area (Å²) in [5.74, 6) is -1.42. The van der Waals surface area contributed by atoms with Gasteiger partial charge in [-0.2, -0.15) is 8.75 Å². The molecule has 0 saturated carbocycles. The zero-order valence-corrected chi connectivity index (χ0v) is 9.02. The topological polar surface area (TPSA) is 61.0 Å². The fraction of sp³-hybridized carbons (Fsp3) is 0.111. The molecule has 1 heterocycles. The van der Waals surface area contributed by atoms with Crippen LogP contribution in [0.5, 0.6) is 5.75 Å². The van der Waals surface area contributed by atoms with Crippen molar-refractivity contribution in [3.8, 4) is 17.0 Å². The number of hydrogen-bond donors (Lipinski definition) is 1. The number of anilines is 1. The Balaban J connectivity index is 2.59. The first kappa shape index (κ1) is 10.7. The average Bonchev–Trinajstić information content (AvgIpc) is 2.67. The zero-order chi connectivity index (χ0) is 11.7. The van der Waals surface area contributed by atoms with E-state index in [1.807, 2.05) is 0 Å². The maximum atomic E-state index is 13.6. The fourth-order valence-corrected chi connectivity index (χ4v) is 1.74. The SMILES string of the molecule is COc1cc(F)c(-c2nsnc2N)cc1F. The minimum Gasteiger partial charge on any atom is -0.494 e. The highest BCUT2D eigenvalue weighted by Crippen LogP contribution is 2.30. The van der Waals surface area contributed by atoms with E-state index in [-0.39, 0.29) is 22.8 Å². The molecule has 0 fully saturated rings. The Hall–Kier alpha value is -1.76. The number of halogens is 2. The van der Waals surface area contributed by atoms with Crippen molar-refractivity contribution in [1.82, 2.24) is 8.75 Å². The van der Waals surface area contributed by atoms with Gasteiger partial charge in [0.05, 0.1) is 18.8 Å². The van der Waals surface area contributed by atoms with Gasteiger partial charge in [0.2, 0.25) is 0 Å². The van der Waals surface area contributed by atoms with Crippen molar-refractivity contribution >= 4 is 17.5 Å². The van der Waals surface area contributed by atoms with Crippen LogP contribution >= 0.6 is 11.7 Å². The van der Waals surface area contributed by atoms with Crippen molar-refractivity contribution in [2.75, 3.05) is 12.8 Å². The van der Waals surface area contributed by atoms with Crippen molar-refractivity contribution in [3.05, 3.63) is 23.8 Å². The second kappa shape index (κ2) is 4.01. The van der Waals surface area contributed by atoms with Crippen LogP contribution in [0.1, 0.15) is 0 Å². The third-order valence-electron chi connectivity index (χ3n) is 2.01. The van der Waals surface area contributed by atoms with Crippen LogP contribution in [0, 0.1) is 11.6 Å². The molecular weight excluding hydrogens is 236 g/mol. The number of methoxy groups -OCH3 is 1. The number of ether oxygens (including phenoxy) is 1. The summed E-state index contributed by atoms with van der Waals surface area (Å²) in [6.07, 6.45) is 0. The minimum atomic E-state index is -0.675. The maximum Gasteiger partial charge on any atom is 0.165 e. The molecular formula is C9H7F2N3OS. The van der Waals surface area contributed by atoms with Crippen LogP contribution in [0.2, 0.25) is 0 Å². The highest BCUT2D eigenvalue weighted by molar-refractivity contribution is 6.99. The Labute approximate surface area is 94.0 Å². The molecule has 84 valence electrons. The number of nitrogens with zero attached hydrogens (tertiary/aromatic N) is 2. The second-order valence-electron chi connectivity index (χ2n) is 2.96. The van der Waals surface area contributed by atoms with Gasteiger partial charge in [-0.1, -0.05) is 0 Å². The summed E-state index contributed by atoms with van der Waals surface area (Å²) in [5.41, 5.74) is 5.60. The Morgan fingerprint density at radius 2 is 2.00 bits per heavy atom. The zero-order valence-electron chi connectivity index (χ0n) is 8.20. The Morgan fingerprint density at radius 1 is 1.25 bits per heavy atom.